The van der Waals surface area contributed by atoms with Gasteiger partial charge < -0.3 is 20.1 Å². The van der Waals surface area contributed by atoms with Crippen molar-refractivity contribution >= 4 is 23.2 Å². The highest BCUT2D eigenvalue weighted by molar-refractivity contribution is 6.04. The number of hydrogen-bond acceptors (Lipinski definition) is 5. The third-order valence-corrected chi connectivity index (χ3v) is 4.22. The number of nitrogens with zero attached hydrogens (tertiary/aromatic N) is 1. The van der Waals surface area contributed by atoms with Gasteiger partial charge >= 0.3 is 0 Å². The number of nitrogens with one attached hydrogen (secondary N) is 2. The number of benzene rings is 3. The number of amides is 2. The summed E-state index contributed by atoms with van der Waals surface area (Å²) in [5.41, 5.74) is 1.99. The first-order chi connectivity index (χ1) is 15.1. The van der Waals surface area contributed by atoms with Gasteiger partial charge in [-0.1, -0.05) is 12.1 Å². The van der Waals surface area contributed by atoms with E-state index < -0.39 is 0 Å². The molecule has 0 saturated heterocycles. The van der Waals surface area contributed by atoms with Gasteiger partial charge in [-0.05, 0) is 67.6 Å². The van der Waals surface area contributed by atoms with Crippen molar-refractivity contribution in [2.24, 2.45) is 0 Å². The summed E-state index contributed by atoms with van der Waals surface area (Å²) in [5.74, 6) is 0.444. The summed E-state index contributed by atoms with van der Waals surface area (Å²) >= 11 is 0. The van der Waals surface area contributed by atoms with Gasteiger partial charge in [-0.2, -0.15) is 5.26 Å². The van der Waals surface area contributed by atoms with Gasteiger partial charge in [-0.25, -0.2) is 0 Å². The van der Waals surface area contributed by atoms with Crippen molar-refractivity contribution in [2.45, 2.75) is 6.92 Å². The summed E-state index contributed by atoms with van der Waals surface area (Å²) in [6.07, 6.45) is 0. The van der Waals surface area contributed by atoms with Gasteiger partial charge in [0, 0.05) is 16.9 Å². The van der Waals surface area contributed by atoms with Crippen LogP contribution in [0.3, 0.4) is 0 Å². The second-order valence-corrected chi connectivity index (χ2v) is 6.43. The fourth-order valence-corrected chi connectivity index (χ4v) is 2.73. The summed E-state index contributed by atoms with van der Waals surface area (Å²) in [6, 6.07) is 22.3. The largest absolute Gasteiger partial charge is 0.494 e. The van der Waals surface area contributed by atoms with Crippen molar-refractivity contribution in [1.29, 1.82) is 5.26 Å². The molecule has 3 aromatic rings. The van der Waals surface area contributed by atoms with Gasteiger partial charge in [-0.15, -0.1) is 0 Å². The molecule has 0 unspecified atom stereocenters. The van der Waals surface area contributed by atoms with E-state index in [1.165, 1.54) is 0 Å². The molecule has 0 aliphatic heterocycles. The van der Waals surface area contributed by atoms with Crippen molar-refractivity contribution in [3.63, 3.8) is 0 Å². The molecule has 0 atom stereocenters. The maximum Gasteiger partial charge on any atom is 0.262 e. The zero-order chi connectivity index (χ0) is 22.1. The molecular formula is C24H21N3O4. The third kappa shape index (κ3) is 6.08. The van der Waals surface area contributed by atoms with Gasteiger partial charge in [0.25, 0.3) is 11.8 Å². The Bertz CT molecular complexity index is 1090. The van der Waals surface area contributed by atoms with Gasteiger partial charge in [0.2, 0.25) is 0 Å². The molecule has 156 valence electrons. The zero-order valence-corrected chi connectivity index (χ0v) is 16.9. The minimum Gasteiger partial charge on any atom is -0.494 e. The minimum atomic E-state index is -0.376. The standard InChI is InChI=1S/C24H21N3O4/c1-2-30-21-13-11-20(12-14-21)27-24(29)17-7-9-19(10-8-17)26-23(28)16-31-22-6-4-3-5-18(22)15-25/h3-14H,2,16H2,1H3,(H,26,28)(H,27,29). The molecule has 2 N–H and O–H groups in total. The van der Waals surface area contributed by atoms with Crippen LogP contribution in [0.25, 0.3) is 0 Å². The highest BCUT2D eigenvalue weighted by Gasteiger charge is 2.09. The monoisotopic (exact) mass is 415 g/mol. The van der Waals surface area contributed by atoms with Crippen molar-refractivity contribution in [2.75, 3.05) is 23.8 Å². The van der Waals surface area contributed by atoms with Crippen LogP contribution in [0, 0.1) is 11.3 Å². The SMILES string of the molecule is CCOc1ccc(NC(=O)c2ccc(NC(=O)COc3ccccc3C#N)cc2)cc1. The lowest BCUT2D eigenvalue weighted by Gasteiger charge is -2.10. The number of carbonyl (C=O) groups is 2. The summed E-state index contributed by atoms with van der Waals surface area (Å²) in [6.45, 7) is 2.25. The van der Waals surface area contributed by atoms with Crippen molar-refractivity contribution in [3.05, 3.63) is 83.9 Å². The van der Waals surface area contributed by atoms with Crippen molar-refractivity contribution < 1.29 is 19.1 Å². The summed E-state index contributed by atoms with van der Waals surface area (Å²) in [5, 5.41) is 14.5. The van der Waals surface area contributed by atoms with Crippen LogP contribution in [0.5, 0.6) is 11.5 Å². The van der Waals surface area contributed by atoms with Crippen LogP contribution in [0.1, 0.15) is 22.8 Å². The number of carbonyl (C=O) groups excluding carboxylic acids is 2. The van der Waals surface area contributed by atoms with Crippen LogP contribution in [0.15, 0.2) is 72.8 Å². The van der Waals surface area contributed by atoms with E-state index >= 15 is 0 Å². The molecule has 0 fully saturated rings. The zero-order valence-electron chi connectivity index (χ0n) is 16.9. The fraction of sp³-hybridized carbons (Fsp3) is 0.125. The molecule has 31 heavy (non-hydrogen) atoms. The first-order valence-electron chi connectivity index (χ1n) is 9.65. The number of ether oxygens (including phenoxy) is 2. The average Bonchev–Trinajstić information content (AvgIpc) is 2.80. The lowest BCUT2D eigenvalue weighted by Crippen LogP contribution is -2.20. The van der Waals surface area contributed by atoms with Crippen LogP contribution < -0.4 is 20.1 Å². The predicted octanol–water partition coefficient (Wildman–Crippen LogP) is 4.23. The average molecular weight is 415 g/mol. The quantitative estimate of drug-likeness (QED) is 0.574. The van der Waals surface area contributed by atoms with Crippen molar-refractivity contribution in [1.82, 2.24) is 0 Å². The topological polar surface area (TPSA) is 100 Å². The Hall–Kier alpha value is -4.31. The Morgan fingerprint density at radius 3 is 2.19 bits per heavy atom. The smallest absolute Gasteiger partial charge is 0.262 e. The molecule has 3 rings (SSSR count). The van der Waals surface area contributed by atoms with E-state index in [0.29, 0.717) is 34.9 Å². The normalized spacial score (nSPS) is 9.94. The molecule has 0 spiro atoms. The molecule has 0 radical (unpaired) electrons. The van der Waals surface area contributed by atoms with Crippen LogP contribution in [0.4, 0.5) is 11.4 Å². The number of hydrogen-bond donors (Lipinski definition) is 2. The third-order valence-electron chi connectivity index (χ3n) is 4.22. The van der Waals surface area contributed by atoms with Crippen LogP contribution >= 0.6 is 0 Å². The first kappa shape index (κ1) is 21.4. The first-order valence-corrected chi connectivity index (χ1v) is 9.65. The van der Waals surface area contributed by atoms with E-state index in [4.69, 9.17) is 14.7 Å². The lowest BCUT2D eigenvalue weighted by molar-refractivity contribution is -0.118. The van der Waals surface area contributed by atoms with Crippen molar-refractivity contribution in [3.8, 4) is 17.6 Å². The van der Waals surface area contributed by atoms with E-state index in [1.54, 1.807) is 72.8 Å². The fourth-order valence-electron chi connectivity index (χ4n) is 2.73. The van der Waals surface area contributed by atoms with E-state index in [1.807, 2.05) is 13.0 Å². The molecule has 0 aliphatic rings. The highest BCUT2D eigenvalue weighted by Crippen LogP contribution is 2.18. The highest BCUT2D eigenvalue weighted by atomic mass is 16.5. The number of para-hydroxylation sites is 1. The molecule has 2 amide bonds. The molecule has 7 nitrogen and oxygen atoms in total. The Morgan fingerprint density at radius 2 is 1.52 bits per heavy atom. The van der Waals surface area contributed by atoms with E-state index in [0.717, 1.165) is 5.75 Å². The molecular weight excluding hydrogens is 394 g/mol. The molecule has 0 heterocycles. The molecule has 0 saturated carbocycles. The summed E-state index contributed by atoms with van der Waals surface area (Å²) in [4.78, 5) is 24.5. The van der Waals surface area contributed by atoms with E-state index in [2.05, 4.69) is 10.6 Å². The molecule has 0 aromatic heterocycles. The number of anilines is 2. The maximum absolute atomic E-state index is 12.4. The van der Waals surface area contributed by atoms with E-state index in [9.17, 15) is 9.59 Å². The molecule has 7 heteroatoms. The second kappa shape index (κ2) is 10.5. The number of rotatable bonds is 8. The van der Waals surface area contributed by atoms with Gasteiger partial charge in [-0.3, -0.25) is 9.59 Å². The number of nitriles is 1. The minimum absolute atomic E-state index is 0.237. The van der Waals surface area contributed by atoms with Gasteiger partial charge in [0.05, 0.1) is 12.2 Å². The predicted molar refractivity (Wildman–Crippen MR) is 117 cm³/mol. The van der Waals surface area contributed by atoms with E-state index in [-0.39, 0.29) is 18.4 Å². The Balaban J connectivity index is 1.52. The van der Waals surface area contributed by atoms with Crippen LogP contribution in [-0.4, -0.2) is 25.0 Å². The molecule has 3 aromatic carbocycles. The second-order valence-electron chi connectivity index (χ2n) is 6.43. The lowest BCUT2D eigenvalue weighted by atomic mass is 10.2. The van der Waals surface area contributed by atoms with Gasteiger partial charge in [0.15, 0.2) is 6.61 Å². The van der Waals surface area contributed by atoms with Crippen LogP contribution in [0.2, 0.25) is 0 Å². The Kier molecular flexibility index (Phi) is 7.22. The van der Waals surface area contributed by atoms with Crippen LogP contribution in [-0.2, 0) is 4.79 Å². The Labute approximate surface area is 180 Å². The Morgan fingerprint density at radius 1 is 0.871 bits per heavy atom. The molecule has 0 bridgehead atoms. The summed E-state index contributed by atoms with van der Waals surface area (Å²) in [7, 11) is 0. The maximum atomic E-state index is 12.4. The summed E-state index contributed by atoms with van der Waals surface area (Å²) < 4.78 is 10.8. The molecule has 0 aliphatic carbocycles. The van der Waals surface area contributed by atoms with Gasteiger partial charge in [0.1, 0.15) is 17.6 Å².